The molecule has 1 aliphatic heterocycles. The van der Waals surface area contributed by atoms with Crippen LogP contribution in [0.4, 0.5) is 0 Å². The molecule has 3 N–H and O–H groups in total. The fourth-order valence-electron chi connectivity index (χ4n) is 3.22. The average molecular weight is 487 g/mol. The van der Waals surface area contributed by atoms with Gasteiger partial charge in [-0.15, -0.1) is 0 Å². The van der Waals surface area contributed by atoms with Crippen LogP contribution in [0.3, 0.4) is 0 Å². The fourth-order valence-corrected chi connectivity index (χ4v) is 3.62. The summed E-state index contributed by atoms with van der Waals surface area (Å²) in [7, 11) is -1.24. The highest BCUT2D eigenvalue weighted by Gasteiger charge is 2.25. The second-order valence-electron chi connectivity index (χ2n) is 7.89. The average Bonchev–Trinajstić information content (AvgIpc) is 3.49. The van der Waals surface area contributed by atoms with Crippen LogP contribution in [0.25, 0.3) is 11.3 Å². The molecular formula is C23H26N4O6S. The SMILES string of the molecule is C[C@@H](CO)Oc1cc(Oc2cnc(S(C)=O)cn2)cc(-c2ccc(C3=N[C@H]([C@@H](C)O)CO3)[nH]2)c1. The summed E-state index contributed by atoms with van der Waals surface area (Å²) >= 11 is 0. The van der Waals surface area contributed by atoms with Crippen molar-refractivity contribution < 1.29 is 28.6 Å². The lowest BCUT2D eigenvalue weighted by Gasteiger charge is -2.15. The van der Waals surface area contributed by atoms with E-state index in [0.29, 0.717) is 34.7 Å². The van der Waals surface area contributed by atoms with Gasteiger partial charge in [0, 0.05) is 23.6 Å². The third kappa shape index (κ3) is 5.61. The maximum absolute atomic E-state index is 11.5. The van der Waals surface area contributed by atoms with Gasteiger partial charge in [-0.1, -0.05) is 0 Å². The van der Waals surface area contributed by atoms with Gasteiger partial charge in [-0.05, 0) is 38.1 Å². The van der Waals surface area contributed by atoms with Crippen molar-refractivity contribution in [2.75, 3.05) is 19.5 Å². The smallest absolute Gasteiger partial charge is 0.237 e. The Kier molecular flexibility index (Phi) is 7.25. The standard InChI is InChI=1S/C23H26N4O6S/c1-13(11-28)32-16-6-15(7-17(8-16)33-21-9-25-22(10-24-21)34(3)30)18-4-5-19(26-18)23-27-20(12-31-23)14(2)29/h4-10,13-14,20,26,28-29H,11-12H2,1-3H3/t13-,14+,20-,34?/m0/s1. The quantitative estimate of drug-likeness (QED) is 0.419. The van der Waals surface area contributed by atoms with Crippen LogP contribution in [-0.2, 0) is 15.5 Å². The topological polar surface area (TPSA) is 139 Å². The summed E-state index contributed by atoms with van der Waals surface area (Å²) in [6.45, 7) is 3.62. The number of nitrogens with one attached hydrogen (secondary N) is 1. The molecule has 0 aliphatic carbocycles. The Morgan fingerprint density at radius 2 is 1.94 bits per heavy atom. The normalized spacial score (nSPS) is 18.0. The van der Waals surface area contributed by atoms with E-state index in [9.17, 15) is 14.4 Å². The van der Waals surface area contributed by atoms with Crippen molar-refractivity contribution >= 4 is 16.7 Å². The molecular weight excluding hydrogens is 460 g/mol. The highest BCUT2D eigenvalue weighted by atomic mass is 32.2. The van der Waals surface area contributed by atoms with Crippen molar-refractivity contribution in [3.8, 4) is 28.6 Å². The van der Waals surface area contributed by atoms with Crippen LogP contribution in [0.1, 0.15) is 19.5 Å². The molecule has 3 aromatic rings. The van der Waals surface area contributed by atoms with Gasteiger partial charge >= 0.3 is 0 Å². The van der Waals surface area contributed by atoms with Gasteiger partial charge in [-0.2, -0.15) is 0 Å². The Labute approximate surface area is 199 Å². The van der Waals surface area contributed by atoms with Crippen LogP contribution in [0.15, 0.2) is 52.7 Å². The Morgan fingerprint density at radius 1 is 1.18 bits per heavy atom. The van der Waals surface area contributed by atoms with Gasteiger partial charge in [0.15, 0.2) is 0 Å². The van der Waals surface area contributed by atoms with Crippen LogP contribution in [0.2, 0.25) is 0 Å². The molecule has 0 fully saturated rings. The predicted octanol–water partition coefficient (Wildman–Crippen LogP) is 2.29. The highest BCUT2D eigenvalue weighted by Crippen LogP contribution is 2.32. The summed E-state index contributed by atoms with van der Waals surface area (Å²) in [4.78, 5) is 16.0. The van der Waals surface area contributed by atoms with Gasteiger partial charge in [0.25, 0.3) is 0 Å². The summed E-state index contributed by atoms with van der Waals surface area (Å²) in [5, 5.41) is 19.5. The molecule has 4 rings (SSSR count). The maximum Gasteiger partial charge on any atom is 0.237 e. The molecule has 11 heteroatoms. The minimum absolute atomic E-state index is 0.143. The Balaban J connectivity index is 1.63. The van der Waals surface area contributed by atoms with Crippen molar-refractivity contribution in [2.24, 2.45) is 4.99 Å². The molecule has 0 radical (unpaired) electrons. The zero-order valence-electron chi connectivity index (χ0n) is 19.0. The van der Waals surface area contributed by atoms with E-state index in [4.69, 9.17) is 14.2 Å². The number of aliphatic imine (C=N–C) groups is 1. The first kappa shape index (κ1) is 23.9. The third-order valence-electron chi connectivity index (χ3n) is 5.05. The molecule has 180 valence electrons. The second kappa shape index (κ2) is 10.3. The summed E-state index contributed by atoms with van der Waals surface area (Å²) < 4.78 is 28.8. The van der Waals surface area contributed by atoms with Crippen LogP contribution in [-0.4, -0.2) is 73.0 Å². The largest absolute Gasteiger partial charge is 0.488 e. The van der Waals surface area contributed by atoms with Gasteiger partial charge in [-0.25, -0.2) is 15.0 Å². The summed E-state index contributed by atoms with van der Waals surface area (Å²) in [6.07, 6.45) is 3.32. The summed E-state index contributed by atoms with van der Waals surface area (Å²) in [5.74, 6) is 1.61. The number of aromatic nitrogens is 3. The third-order valence-corrected chi connectivity index (χ3v) is 5.85. The molecule has 3 heterocycles. The number of rotatable bonds is 9. The number of ether oxygens (including phenoxy) is 3. The van der Waals surface area contributed by atoms with Crippen molar-refractivity contribution in [1.82, 2.24) is 15.0 Å². The first-order valence-electron chi connectivity index (χ1n) is 10.7. The van der Waals surface area contributed by atoms with Crippen LogP contribution in [0.5, 0.6) is 17.4 Å². The molecule has 10 nitrogen and oxygen atoms in total. The number of hydrogen-bond acceptors (Lipinski definition) is 9. The molecule has 4 atom stereocenters. The van der Waals surface area contributed by atoms with Crippen LogP contribution in [0, 0.1) is 0 Å². The number of H-pyrrole nitrogens is 1. The van der Waals surface area contributed by atoms with E-state index >= 15 is 0 Å². The lowest BCUT2D eigenvalue weighted by molar-refractivity contribution is 0.129. The minimum Gasteiger partial charge on any atom is -0.488 e. The number of hydrogen-bond donors (Lipinski definition) is 3. The number of nitrogens with zero attached hydrogens (tertiary/aromatic N) is 3. The van der Waals surface area contributed by atoms with Crippen molar-refractivity contribution in [1.29, 1.82) is 0 Å². The zero-order valence-corrected chi connectivity index (χ0v) is 19.8. The number of aromatic amines is 1. The van der Waals surface area contributed by atoms with Crippen LogP contribution >= 0.6 is 0 Å². The first-order valence-corrected chi connectivity index (χ1v) is 12.2. The Hall–Kier alpha value is -3.28. The van der Waals surface area contributed by atoms with E-state index in [1.54, 1.807) is 26.0 Å². The highest BCUT2D eigenvalue weighted by molar-refractivity contribution is 7.84. The van der Waals surface area contributed by atoms with E-state index in [2.05, 4.69) is 19.9 Å². The lowest BCUT2D eigenvalue weighted by Crippen LogP contribution is -2.21. The maximum atomic E-state index is 11.5. The molecule has 0 saturated carbocycles. The van der Waals surface area contributed by atoms with Gasteiger partial charge in [0.05, 0.1) is 35.9 Å². The minimum atomic E-state index is -1.24. The molecule has 0 amide bonds. The predicted molar refractivity (Wildman–Crippen MR) is 126 cm³/mol. The lowest BCUT2D eigenvalue weighted by atomic mass is 10.1. The van der Waals surface area contributed by atoms with Gasteiger partial charge in [-0.3, -0.25) is 4.21 Å². The number of aliphatic hydroxyl groups excluding tert-OH is 2. The Bertz CT molecular complexity index is 1190. The number of benzene rings is 1. The summed E-state index contributed by atoms with van der Waals surface area (Å²) in [5.41, 5.74) is 2.20. The molecule has 1 aromatic carbocycles. The first-order chi connectivity index (χ1) is 16.3. The number of aliphatic hydroxyl groups is 2. The fraction of sp³-hybridized carbons (Fsp3) is 0.348. The van der Waals surface area contributed by atoms with E-state index in [1.165, 1.54) is 18.6 Å². The molecule has 1 unspecified atom stereocenters. The van der Waals surface area contributed by atoms with Crippen molar-refractivity contribution in [2.45, 2.75) is 37.1 Å². The van der Waals surface area contributed by atoms with Crippen molar-refractivity contribution in [3.05, 3.63) is 48.4 Å². The Morgan fingerprint density at radius 3 is 2.59 bits per heavy atom. The molecule has 0 spiro atoms. The van der Waals surface area contributed by atoms with Gasteiger partial charge < -0.3 is 29.4 Å². The van der Waals surface area contributed by atoms with E-state index < -0.39 is 23.0 Å². The molecule has 34 heavy (non-hydrogen) atoms. The molecule has 2 aromatic heterocycles. The zero-order chi connectivity index (χ0) is 24.2. The van der Waals surface area contributed by atoms with Crippen LogP contribution < -0.4 is 9.47 Å². The molecule has 0 saturated heterocycles. The molecule has 1 aliphatic rings. The van der Waals surface area contributed by atoms with E-state index in [1.807, 2.05) is 18.2 Å². The molecule has 0 bridgehead atoms. The van der Waals surface area contributed by atoms with Crippen molar-refractivity contribution in [3.63, 3.8) is 0 Å². The monoisotopic (exact) mass is 486 g/mol. The van der Waals surface area contributed by atoms with Gasteiger partial charge in [0.2, 0.25) is 11.8 Å². The second-order valence-corrected chi connectivity index (χ2v) is 9.22. The van der Waals surface area contributed by atoms with E-state index in [-0.39, 0.29) is 18.5 Å². The van der Waals surface area contributed by atoms with Gasteiger partial charge in [0.1, 0.15) is 41.0 Å². The van der Waals surface area contributed by atoms with E-state index in [0.717, 1.165) is 11.3 Å². The summed E-state index contributed by atoms with van der Waals surface area (Å²) in [6, 6.07) is 8.73.